The van der Waals surface area contributed by atoms with Gasteiger partial charge in [0.1, 0.15) is 16.6 Å². The van der Waals surface area contributed by atoms with Crippen LogP contribution in [0.3, 0.4) is 0 Å². The summed E-state index contributed by atoms with van der Waals surface area (Å²) in [6.45, 7) is 1.46. The number of benzene rings is 2. The number of anilines is 2. The number of nitrogens with one attached hydrogen (secondary N) is 2. The standard InChI is InChI=1S/C20H16N4OS/c1-14(25)23-18-9-7-17(8-10-18)22-12-16(11-21)20-24-19(13-26-20)15-5-3-2-4-6-15/h2-10,12-13,22H,1H3,(H,23,25). The van der Waals surface area contributed by atoms with Gasteiger partial charge < -0.3 is 10.6 Å². The molecule has 0 aliphatic carbocycles. The third-order valence-corrected chi connectivity index (χ3v) is 4.39. The maximum atomic E-state index is 11.0. The van der Waals surface area contributed by atoms with Crippen molar-refractivity contribution in [1.29, 1.82) is 5.26 Å². The van der Waals surface area contributed by atoms with Crippen LogP contribution in [0.15, 0.2) is 66.2 Å². The van der Waals surface area contributed by atoms with E-state index in [9.17, 15) is 10.1 Å². The van der Waals surface area contributed by atoms with Gasteiger partial charge >= 0.3 is 0 Å². The number of rotatable bonds is 5. The lowest BCUT2D eigenvalue weighted by molar-refractivity contribution is -0.114. The van der Waals surface area contributed by atoms with Crippen molar-refractivity contribution in [3.8, 4) is 17.3 Å². The van der Waals surface area contributed by atoms with E-state index in [0.29, 0.717) is 10.6 Å². The van der Waals surface area contributed by atoms with Crippen molar-refractivity contribution in [1.82, 2.24) is 4.98 Å². The van der Waals surface area contributed by atoms with E-state index >= 15 is 0 Å². The molecule has 128 valence electrons. The van der Waals surface area contributed by atoms with Gasteiger partial charge in [0.05, 0.1) is 5.69 Å². The number of carbonyl (C=O) groups excluding carboxylic acids is 1. The van der Waals surface area contributed by atoms with Gasteiger partial charge in [0.2, 0.25) is 5.91 Å². The molecule has 0 radical (unpaired) electrons. The minimum absolute atomic E-state index is 0.115. The zero-order valence-electron chi connectivity index (χ0n) is 14.1. The highest BCUT2D eigenvalue weighted by Gasteiger charge is 2.08. The van der Waals surface area contributed by atoms with Gasteiger partial charge in [-0.1, -0.05) is 30.3 Å². The molecule has 5 nitrogen and oxygen atoms in total. The van der Waals surface area contributed by atoms with Crippen molar-refractivity contribution in [3.05, 3.63) is 71.2 Å². The Hall–Kier alpha value is -3.43. The van der Waals surface area contributed by atoms with Gasteiger partial charge in [0, 0.05) is 35.4 Å². The van der Waals surface area contributed by atoms with E-state index in [1.807, 2.05) is 47.8 Å². The Bertz CT molecular complexity index is 969. The molecule has 2 aromatic carbocycles. The molecule has 2 N–H and O–H groups in total. The average molecular weight is 360 g/mol. The number of hydrogen-bond donors (Lipinski definition) is 2. The minimum atomic E-state index is -0.115. The van der Waals surface area contributed by atoms with E-state index in [1.54, 1.807) is 18.3 Å². The number of carbonyl (C=O) groups is 1. The second-order valence-corrected chi connectivity index (χ2v) is 6.33. The van der Waals surface area contributed by atoms with Crippen LogP contribution in [0.2, 0.25) is 0 Å². The van der Waals surface area contributed by atoms with Gasteiger partial charge in [-0.3, -0.25) is 4.79 Å². The molecule has 0 unspecified atom stereocenters. The SMILES string of the molecule is CC(=O)Nc1ccc(NC=C(C#N)c2nc(-c3ccccc3)cs2)cc1. The first kappa shape index (κ1) is 17.4. The van der Waals surface area contributed by atoms with Crippen LogP contribution in [-0.4, -0.2) is 10.9 Å². The lowest BCUT2D eigenvalue weighted by Crippen LogP contribution is -2.05. The molecule has 1 amide bonds. The van der Waals surface area contributed by atoms with Crippen molar-refractivity contribution in [3.63, 3.8) is 0 Å². The van der Waals surface area contributed by atoms with Crippen LogP contribution in [0, 0.1) is 11.3 Å². The lowest BCUT2D eigenvalue weighted by Gasteiger charge is -2.04. The predicted molar refractivity (Wildman–Crippen MR) is 106 cm³/mol. The Morgan fingerprint density at radius 1 is 1.12 bits per heavy atom. The fourth-order valence-corrected chi connectivity index (χ4v) is 3.08. The van der Waals surface area contributed by atoms with E-state index in [4.69, 9.17) is 0 Å². The van der Waals surface area contributed by atoms with Gasteiger partial charge in [-0.05, 0) is 24.3 Å². The summed E-state index contributed by atoms with van der Waals surface area (Å²) in [5.74, 6) is -0.115. The molecule has 0 spiro atoms. The highest BCUT2D eigenvalue weighted by atomic mass is 32.1. The van der Waals surface area contributed by atoms with Gasteiger partial charge in [-0.25, -0.2) is 4.98 Å². The number of nitrogens with zero attached hydrogens (tertiary/aromatic N) is 2. The smallest absolute Gasteiger partial charge is 0.221 e. The number of amides is 1. The van der Waals surface area contributed by atoms with E-state index < -0.39 is 0 Å². The van der Waals surface area contributed by atoms with Gasteiger partial charge in [-0.15, -0.1) is 11.3 Å². The van der Waals surface area contributed by atoms with Gasteiger partial charge in [0.15, 0.2) is 0 Å². The fraction of sp³-hybridized carbons (Fsp3) is 0.0500. The third kappa shape index (κ3) is 4.35. The Morgan fingerprint density at radius 2 is 1.81 bits per heavy atom. The number of allylic oxidation sites excluding steroid dienone is 1. The Labute approximate surface area is 155 Å². The molecule has 0 aliphatic rings. The molecule has 1 aromatic heterocycles. The molecule has 0 saturated carbocycles. The Morgan fingerprint density at radius 3 is 2.46 bits per heavy atom. The van der Waals surface area contributed by atoms with Crippen molar-refractivity contribution in [2.24, 2.45) is 0 Å². The fourth-order valence-electron chi connectivity index (χ4n) is 2.29. The summed E-state index contributed by atoms with van der Waals surface area (Å²) in [5, 5.41) is 17.8. The minimum Gasteiger partial charge on any atom is -0.360 e. The zero-order valence-corrected chi connectivity index (χ0v) is 14.9. The van der Waals surface area contributed by atoms with E-state index in [0.717, 1.165) is 22.6 Å². The molecule has 6 heteroatoms. The van der Waals surface area contributed by atoms with E-state index in [1.165, 1.54) is 18.3 Å². The van der Waals surface area contributed by atoms with Crippen LogP contribution in [-0.2, 0) is 4.79 Å². The number of nitriles is 1. The van der Waals surface area contributed by atoms with Crippen LogP contribution < -0.4 is 10.6 Å². The normalized spacial score (nSPS) is 10.8. The molecular weight excluding hydrogens is 344 g/mol. The second kappa shape index (κ2) is 8.10. The molecular formula is C20H16N4OS. The van der Waals surface area contributed by atoms with Crippen LogP contribution in [0.5, 0.6) is 0 Å². The summed E-state index contributed by atoms with van der Waals surface area (Å²) in [6, 6.07) is 19.3. The maximum Gasteiger partial charge on any atom is 0.221 e. The average Bonchev–Trinajstić information content (AvgIpc) is 3.14. The molecule has 0 bridgehead atoms. The first-order chi connectivity index (χ1) is 12.7. The molecule has 3 aromatic rings. The maximum absolute atomic E-state index is 11.0. The quantitative estimate of drug-likeness (QED) is 0.644. The van der Waals surface area contributed by atoms with Crippen LogP contribution in [0.4, 0.5) is 11.4 Å². The van der Waals surface area contributed by atoms with Crippen molar-refractivity contribution in [2.75, 3.05) is 10.6 Å². The van der Waals surface area contributed by atoms with Crippen molar-refractivity contribution < 1.29 is 4.79 Å². The first-order valence-electron chi connectivity index (χ1n) is 7.91. The topological polar surface area (TPSA) is 77.8 Å². The molecule has 0 aliphatic heterocycles. The van der Waals surface area contributed by atoms with Crippen LogP contribution in [0.1, 0.15) is 11.9 Å². The summed E-state index contributed by atoms with van der Waals surface area (Å²) in [5.41, 5.74) is 3.87. The van der Waals surface area contributed by atoms with E-state index in [2.05, 4.69) is 21.7 Å². The molecule has 1 heterocycles. The van der Waals surface area contributed by atoms with Crippen LogP contribution >= 0.6 is 11.3 Å². The number of hydrogen-bond acceptors (Lipinski definition) is 5. The summed E-state index contributed by atoms with van der Waals surface area (Å²) in [6.07, 6.45) is 1.64. The molecule has 0 atom stereocenters. The zero-order chi connectivity index (χ0) is 18.4. The largest absolute Gasteiger partial charge is 0.360 e. The lowest BCUT2D eigenvalue weighted by atomic mass is 10.2. The molecule has 0 saturated heterocycles. The first-order valence-corrected chi connectivity index (χ1v) is 8.79. The second-order valence-electron chi connectivity index (χ2n) is 5.48. The highest BCUT2D eigenvalue weighted by Crippen LogP contribution is 2.26. The summed E-state index contributed by atoms with van der Waals surface area (Å²) < 4.78 is 0. The summed E-state index contributed by atoms with van der Waals surface area (Å²) in [4.78, 5) is 15.6. The third-order valence-electron chi connectivity index (χ3n) is 3.51. The monoisotopic (exact) mass is 360 g/mol. The highest BCUT2D eigenvalue weighted by molar-refractivity contribution is 7.11. The predicted octanol–water partition coefficient (Wildman–Crippen LogP) is 4.75. The number of thiazole rings is 1. The molecule has 0 fully saturated rings. The van der Waals surface area contributed by atoms with Crippen molar-refractivity contribution >= 4 is 34.2 Å². The van der Waals surface area contributed by atoms with Crippen LogP contribution in [0.25, 0.3) is 16.8 Å². The Balaban J connectivity index is 1.74. The van der Waals surface area contributed by atoms with Gasteiger partial charge in [0.25, 0.3) is 0 Å². The summed E-state index contributed by atoms with van der Waals surface area (Å²) in [7, 11) is 0. The molecule has 3 rings (SSSR count). The van der Waals surface area contributed by atoms with Crippen molar-refractivity contribution in [2.45, 2.75) is 6.92 Å². The number of aromatic nitrogens is 1. The Kier molecular flexibility index (Phi) is 5.42. The molecule has 26 heavy (non-hydrogen) atoms. The summed E-state index contributed by atoms with van der Waals surface area (Å²) >= 11 is 1.43. The van der Waals surface area contributed by atoms with E-state index in [-0.39, 0.29) is 5.91 Å². The van der Waals surface area contributed by atoms with Gasteiger partial charge in [-0.2, -0.15) is 5.26 Å².